The van der Waals surface area contributed by atoms with E-state index in [0.717, 1.165) is 6.61 Å². The molecule has 0 saturated heterocycles. The van der Waals surface area contributed by atoms with Crippen molar-refractivity contribution in [2.45, 2.75) is 19.8 Å². The van der Waals surface area contributed by atoms with Gasteiger partial charge < -0.3 is 8.99 Å². The van der Waals surface area contributed by atoms with Crippen molar-refractivity contribution in [3.8, 4) is 0 Å². The summed E-state index contributed by atoms with van der Waals surface area (Å²) in [5.74, 6) is 0. The first-order valence-corrected chi connectivity index (χ1v) is 4.70. The quantitative estimate of drug-likeness (QED) is 0.411. The van der Waals surface area contributed by atoms with Gasteiger partial charge in [-0.25, -0.2) is 0 Å². The number of unbranched alkanes of at least 4 members (excludes halogenated alkanes) is 1. The van der Waals surface area contributed by atoms with E-state index in [1.807, 2.05) is 0 Å². The van der Waals surface area contributed by atoms with E-state index < -0.39 is 0 Å². The fourth-order valence-corrected chi connectivity index (χ4v) is 1.19. The first kappa shape index (κ1) is 9.14. The largest absolute Gasteiger partial charge is 0.408 e. The molecule has 0 atom stereocenters. The van der Waals surface area contributed by atoms with Gasteiger partial charge in [0.05, 0.1) is 0 Å². The van der Waals surface area contributed by atoms with Crippen LogP contribution in [0.3, 0.4) is 0 Å². The third kappa shape index (κ3) is 8.14. The summed E-state index contributed by atoms with van der Waals surface area (Å²) in [5, 5.41) is 0. The zero-order valence-electron chi connectivity index (χ0n) is 6.68. The van der Waals surface area contributed by atoms with Crippen LogP contribution in [-0.4, -0.2) is 35.2 Å². The lowest BCUT2D eigenvalue weighted by molar-refractivity contribution is 0.298. The van der Waals surface area contributed by atoms with E-state index in [9.17, 15) is 0 Å². The van der Waals surface area contributed by atoms with Crippen molar-refractivity contribution in [1.29, 1.82) is 0 Å². The van der Waals surface area contributed by atoms with E-state index in [1.54, 1.807) is 0 Å². The third-order valence-electron chi connectivity index (χ3n) is 0.992. The van der Waals surface area contributed by atoms with Crippen LogP contribution in [0.1, 0.15) is 19.8 Å². The Morgan fingerprint density at radius 3 is 2.56 bits per heavy atom. The summed E-state index contributed by atoms with van der Waals surface area (Å²) in [6, 6.07) is 0. The highest BCUT2D eigenvalue weighted by Gasteiger charge is 1.89. The Kier molecular flexibility index (Phi) is 6.35. The van der Waals surface area contributed by atoms with Gasteiger partial charge in [0, 0.05) is 6.61 Å². The topological polar surface area (TPSA) is 12.5 Å². The maximum atomic E-state index is 5.40. The Morgan fingerprint density at radius 1 is 1.44 bits per heavy atom. The SMILES string of the molecule is CCCCO[SiH2]N(C)C. The van der Waals surface area contributed by atoms with Gasteiger partial charge in [0.1, 0.15) is 0 Å². The molecule has 0 aromatic rings. The van der Waals surface area contributed by atoms with Crippen LogP contribution < -0.4 is 0 Å². The van der Waals surface area contributed by atoms with Gasteiger partial charge >= 0.3 is 0 Å². The second kappa shape index (κ2) is 6.26. The van der Waals surface area contributed by atoms with Gasteiger partial charge in [-0.1, -0.05) is 13.3 Å². The minimum atomic E-state index is -0.341. The molecule has 0 aliphatic rings. The highest BCUT2D eigenvalue weighted by atomic mass is 28.2. The van der Waals surface area contributed by atoms with Crippen LogP contribution in [0.4, 0.5) is 0 Å². The molecule has 0 N–H and O–H groups in total. The fourth-order valence-electron chi connectivity index (χ4n) is 0.494. The van der Waals surface area contributed by atoms with Crippen molar-refractivity contribution < 1.29 is 4.43 Å². The molecule has 0 bridgehead atoms. The van der Waals surface area contributed by atoms with Crippen molar-refractivity contribution >= 4 is 9.92 Å². The van der Waals surface area contributed by atoms with Gasteiger partial charge in [0.15, 0.2) is 0 Å². The lowest BCUT2D eigenvalue weighted by atomic mass is 10.4. The van der Waals surface area contributed by atoms with Gasteiger partial charge in [0.25, 0.3) is 0 Å². The first-order chi connectivity index (χ1) is 4.27. The van der Waals surface area contributed by atoms with Crippen molar-refractivity contribution in [2.24, 2.45) is 0 Å². The number of hydrogen-bond donors (Lipinski definition) is 0. The van der Waals surface area contributed by atoms with E-state index in [-0.39, 0.29) is 9.92 Å². The van der Waals surface area contributed by atoms with Crippen LogP contribution in [0.25, 0.3) is 0 Å². The molecule has 0 saturated carbocycles. The molecular formula is C6H17NOSi. The molecule has 2 nitrogen and oxygen atoms in total. The molecule has 0 amide bonds. The lowest BCUT2D eigenvalue weighted by Gasteiger charge is -2.08. The molecular weight excluding hydrogens is 130 g/mol. The Balaban J connectivity index is 2.75. The van der Waals surface area contributed by atoms with E-state index in [2.05, 4.69) is 25.6 Å². The van der Waals surface area contributed by atoms with Crippen LogP contribution in [0, 0.1) is 0 Å². The molecule has 0 aliphatic heterocycles. The van der Waals surface area contributed by atoms with Gasteiger partial charge in [-0.2, -0.15) is 0 Å². The fraction of sp³-hybridized carbons (Fsp3) is 1.00. The van der Waals surface area contributed by atoms with Gasteiger partial charge in [-0.3, -0.25) is 0 Å². The second-order valence-electron chi connectivity index (χ2n) is 2.47. The van der Waals surface area contributed by atoms with Crippen molar-refractivity contribution in [3.05, 3.63) is 0 Å². The summed E-state index contributed by atoms with van der Waals surface area (Å²) in [4.78, 5) is 0. The number of hydrogen-bond acceptors (Lipinski definition) is 2. The molecule has 0 rings (SSSR count). The van der Waals surface area contributed by atoms with Crippen LogP contribution in [-0.2, 0) is 4.43 Å². The predicted octanol–water partition coefficient (Wildman–Crippen LogP) is 0.364. The average molecular weight is 147 g/mol. The number of rotatable bonds is 5. The Morgan fingerprint density at radius 2 is 2.11 bits per heavy atom. The van der Waals surface area contributed by atoms with Crippen LogP contribution in [0.5, 0.6) is 0 Å². The molecule has 0 aromatic heterocycles. The summed E-state index contributed by atoms with van der Waals surface area (Å²) in [6.45, 7) is 3.14. The van der Waals surface area contributed by atoms with E-state index in [4.69, 9.17) is 4.43 Å². The monoisotopic (exact) mass is 147 g/mol. The molecule has 0 fully saturated rings. The molecule has 56 valence electrons. The Labute approximate surface area is 60.2 Å². The summed E-state index contributed by atoms with van der Waals surface area (Å²) in [7, 11) is 3.79. The minimum Gasteiger partial charge on any atom is -0.408 e. The average Bonchev–Trinajstić information content (AvgIpc) is 1.80. The van der Waals surface area contributed by atoms with Crippen molar-refractivity contribution in [1.82, 2.24) is 4.57 Å². The maximum Gasteiger partial charge on any atom is 0.238 e. The standard InChI is InChI=1S/C6H17NOSi/c1-4-5-6-8-9-7(2)3/h4-6,9H2,1-3H3. The van der Waals surface area contributed by atoms with Gasteiger partial charge in [0.2, 0.25) is 9.92 Å². The van der Waals surface area contributed by atoms with Crippen molar-refractivity contribution in [3.63, 3.8) is 0 Å². The zero-order chi connectivity index (χ0) is 7.11. The summed E-state index contributed by atoms with van der Waals surface area (Å²) in [5.41, 5.74) is 0. The second-order valence-corrected chi connectivity index (χ2v) is 4.40. The minimum absolute atomic E-state index is 0.341. The molecule has 0 aromatic carbocycles. The van der Waals surface area contributed by atoms with Crippen molar-refractivity contribution in [2.75, 3.05) is 20.7 Å². The maximum absolute atomic E-state index is 5.40. The lowest BCUT2D eigenvalue weighted by Crippen LogP contribution is -2.20. The molecule has 0 spiro atoms. The van der Waals surface area contributed by atoms with E-state index >= 15 is 0 Å². The van der Waals surface area contributed by atoms with E-state index in [0.29, 0.717) is 0 Å². The Hall–Kier alpha value is 0.137. The summed E-state index contributed by atoms with van der Waals surface area (Å²) < 4.78 is 7.56. The summed E-state index contributed by atoms with van der Waals surface area (Å²) in [6.07, 6.45) is 2.45. The van der Waals surface area contributed by atoms with Gasteiger partial charge in [-0.15, -0.1) is 0 Å². The molecule has 0 aliphatic carbocycles. The smallest absolute Gasteiger partial charge is 0.238 e. The zero-order valence-corrected chi connectivity index (χ0v) is 8.10. The molecule has 9 heavy (non-hydrogen) atoms. The van der Waals surface area contributed by atoms with E-state index in [1.165, 1.54) is 12.8 Å². The molecule has 0 unspecified atom stereocenters. The predicted molar refractivity (Wildman–Crippen MR) is 43.1 cm³/mol. The van der Waals surface area contributed by atoms with Crippen LogP contribution in [0.2, 0.25) is 0 Å². The van der Waals surface area contributed by atoms with Crippen LogP contribution >= 0.6 is 0 Å². The number of nitrogens with zero attached hydrogens (tertiary/aromatic N) is 1. The highest BCUT2D eigenvalue weighted by molar-refractivity contribution is 6.22. The molecule has 0 heterocycles. The van der Waals surface area contributed by atoms with Gasteiger partial charge in [-0.05, 0) is 20.5 Å². The molecule has 0 radical (unpaired) electrons. The normalized spacial score (nSPS) is 12.0. The van der Waals surface area contributed by atoms with Crippen LogP contribution in [0.15, 0.2) is 0 Å². The summed E-state index contributed by atoms with van der Waals surface area (Å²) >= 11 is 0. The molecule has 3 heteroatoms. The first-order valence-electron chi connectivity index (χ1n) is 3.50. The Bertz CT molecular complexity index is 59.0. The highest BCUT2D eigenvalue weighted by Crippen LogP contribution is 1.86. The third-order valence-corrected chi connectivity index (χ3v) is 1.98.